The number of hydrogen-bond acceptors (Lipinski definition) is 7. The number of aromatic nitrogens is 2. The Morgan fingerprint density at radius 2 is 2.16 bits per heavy atom. The fourth-order valence-corrected chi connectivity index (χ4v) is 3.78. The highest BCUT2D eigenvalue weighted by molar-refractivity contribution is 5.91. The lowest BCUT2D eigenvalue weighted by molar-refractivity contribution is -0.168. The van der Waals surface area contributed by atoms with Crippen LogP contribution in [0.25, 0.3) is 0 Å². The molecule has 4 N–H and O–H groups in total. The van der Waals surface area contributed by atoms with Crippen molar-refractivity contribution in [3.05, 3.63) is 42.3 Å². The zero-order valence-electron chi connectivity index (χ0n) is 16.1. The van der Waals surface area contributed by atoms with Crippen LogP contribution in [0.1, 0.15) is 6.42 Å². The average Bonchev–Trinajstić information content (AvgIpc) is 3.15. The Morgan fingerprint density at radius 1 is 1.35 bits per heavy atom. The molecular formula is C18H20F3N7O3. The van der Waals surface area contributed by atoms with Crippen LogP contribution in [0, 0.1) is 0 Å². The van der Waals surface area contributed by atoms with Gasteiger partial charge in [-0.2, -0.15) is 13.2 Å². The van der Waals surface area contributed by atoms with Gasteiger partial charge in [-0.3, -0.25) is 20.0 Å². The first kappa shape index (κ1) is 20.9. The number of carbonyl (C=O) groups is 2. The van der Waals surface area contributed by atoms with Gasteiger partial charge in [0, 0.05) is 25.5 Å². The SMILES string of the molecule is O=C(N[C@H](CO)C(F)(F)F)C1C=CC2=C(N1)N(C(=O)Nc1cnccn1)[C@H]1CCN2C1. The number of halogens is 3. The standard InChI is InChI=1S/C18H20F3N7O3/c19-18(20,21)13(9-29)25-16(30)11-1-2-12-15(24-11)28(10-3-6-27(12)8-10)17(31)26-14-7-22-4-5-23-14/h1-2,4-5,7,10-11,13,24,29H,3,6,8-9H2,(H,25,30)(H,23,26,31)/t10-,11?,13+/m0/s1. The van der Waals surface area contributed by atoms with Gasteiger partial charge in [-0.05, 0) is 12.5 Å². The van der Waals surface area contributed by atoms with Gasteiger partial charge in [-0.15, -0.1) is 0 Å². The Labute approximate surface area is 174 Å². The van der Waals surface area contributed by atoms with E-state index in [-0.39, 0.29) is 11.9 Å². The van der Waals surface area contributed by atoms with Crippen molar-refractivity contribution in [2.45, 2.75) is 30.7 Å². The highest BCUT2D eigenvalue weighted by Gasteiger charge is 2.44. The fraction of sp³-hybridized carbons (Fsp3) is 0.444. The Balaban J connectivity index is 1.53. The van der Waals surface area contributed by atoms with Crippen LogP contribution in [-0.2, 0) is 4.79 Å². The summed E-state index contributed by atoms with van der Waals surface area (Å²) in [4.78, 5) is 36.8. The summed E-state index contributed by atoms with van der Waals surface area (Å²) in [6, 6.07) is -4.21. The molecule has 1 unspecified atom stereocenters. The van der Waals surface area contributed by atoms with Crippen LogP contribution in [0.4, 0.5) is 23.8 Å². The Hall–Kier alpha value is -3.35. The third-order valence-electron chi connectivity index (χ3n) is 5.29. The van der Waals surface area contributed by atoms with Crippen molar-refractivity contribution in [2.75, 3.05) is 25.0 Å². The normalized spacial score (nSPS) is 23.2. The van der Waals surface area contributed by atoms with Gasteiger partial charge in [0.25, 0.3) is 0 Å². The number of anilines is 1. The molecule has 1 aromatic heterocycles. The molecule has 31 heavy (non-hydrogen) atoms. The molecule has 1 saturated heterocycles. The quantitative estimate of drug-likeness (QED) is 0.526. The maximum atomic E-state index is 13.0. The molecule has 3 amide bonds. The van der Waals surface area contributed by atoms with E-state index >= 15 is 0 Å². The number of nitrogens with zero attached hydrogens (tertiary/aromatic N) is 4. The second kappa shape index (κ2) is 8.06. The van der Waals surface area contributed by atoms with Gasteiger partial charge in [0.2, 0.25) is 5.91 Å². The smallest absolute Gasteiger partial charge is 0.394 e. The molecule has 0 aromatic carbocycles. The Morgan fingerprint density at radius 3 is 2.84 bits per heavy atom. The van der Waals surface area contributed by atoms with Crippen molar-refractivity contribution in [1.29, 1.82) is 0 Å². The van der Waals surface area contributed by atoms with E-state index in [2.05, 4.69) is 20.6 Å². The number of dihydropyridines is 1. The van der Waals surface area contributed by atoms with E-state index in [1.807, 2.05) is 4.90 Å². The maximum absolute atomic E-state index is 13.0. The second-order valence-electron chi connectivity index (χ2n) is 7.28. The summed E-state index contributed by atoms with van der Waals surface area (Å²) in [6.45, 7) is 0.0142. The number of hydrogen-bond donors (Lipinski definition) is 4. The molecule has 0 spiro atoms. The Kier molecular flexibility index (Phi) is 5.43. The van der Waals surface area contributed by atoms with Gasteiger partial charge in [0.05, 0.1) is 24.5 Å². The topological polar surface area (TPSA) is 123 Å². The number of aliphatic hydroxyl groups excluding tert-OH is 1. The van der Waals surface area contributed by atoms with Crippen LogP contribution in [0.15, 0.2) is 42.3 Å². The maximum Gasteiger partial charge on any atom is 0.410 e. The van der Waals surface area contributed by atoms with E-state index in [0.29, 0.717) is 31.0 Å². The summed E-state index contributed by atoms with van der Waals surface area (Å²) in [5.41, 5.74) is 0.668. The number of carbonyl (C=O) groups excluding carboxylic acids is 2. The molecule has 10 nitrogen and oxygen atoms in total. The molecule has 1 aromatic rings. The summed E-state index contributed by atoms with van der Waals surface area (Å²) >= 11 is 0. The summed E-state index contributed by atoms with van der Waals surface area (Å²) in [5.74, 6) is -0.404. The highest BCUT2D eigenvalue weighted by atomic mass is 19.4. The molecule has 1 fully saturated rings. The van der Waals surface area contributed by atoms with Crippen molar-refractivity contribution >= 4 is 17.8 Å². The number of fused-ring (bicyclic) bond motifs is 3. The lowest BCUT2D eigenvalue weighted by atomic mass is 10.1. The first-order valence-electron chi connectivity index (χ1n) is 9.56. The van der Waals surface area contributed by atoms with Gasteiger partial charge in [0.1, 0.15) is 17.9 Å². The third kappa shape index (κ3) is 4.13. The molecule has 0 saturated carbocycles. The zero-order valence-corrected chi connectivity index (χ0v) is 16.1. The minimum Gasteiger partial charge on any atom is -0.394 e. The number of amides is 3. The third-order valence-corrected chi connectivity index (χ3v) is 5.29. The van der Waals surface area contributed by atoms with E-state index in [1.165, 1.54) is 29.6 Å². The predicted octanol–water partition coefficient (Wildman–Crippen LogP) is 0.135. The molecule has 166 valence electrons. The second-order valence-corrected chi connectivity index (χ2v) is 7.28. The lowest BCUT2D eigenvalue weighted by Crippen LogP contribution is -2.58. The Bertz CT molecular complexity index is 922. The predicted molar refractivity (Wildman–Crippen MR) is 101 cm³/mol. The molecule has 3 atom stereocenters. The average molecular weight is 439 g/mol. The highest BCUT2D eigenvalue weighted by Crippen LogP contribution is 2.33. The van der Waals surface area contributed by atoms with Crippen LogP contribution in [0.3, 0.4) is 0 Å². The van der Waals surface area contributed by atoms with E-state index in [9.17, 15) is 22.8 Å². The van der Waals surface area contributed by atoms with Gasteiger partial charge in [-0.25, -0.2) is 9.78 Å². The largest absolute Gasteiger partial charge is 0.410 e. The number of nitrogens with one attached hydrogen (secondary N) is 3. The number of aliphatic hydroxyl groups is 1. The van der Waals surface area contributed by atoms with Crippen molar-refractivity contribution in [3.8, 4) is 0 Å². The van der Waals surface area contributed by atoms with E-state index in [1.54, 1.807) is 11.4 Å². The number of alkyl halides is 3. The van der Waals surface area contributed by atoms with Crippen LogP contribution >= 0.6 is 0 Å². The number of allylic oxidation sites excluding steroid dienone is 1. The van der Waals surface area contributed by atoms with Crippen LogP contribution in [-0.4, -0.2) is 80.8 Å². The lowest BCUT2D eigenvalue weighted by Gasteiger charge is -2.41. The first-order valence-corrected chi connectivity index (χ1v) is 9.56. The summed E-state index contributed by atoms with van der Waals surface area (Å²) in [6.07, 6.45) is 3.21. The van der Waals surface area contributed by atoms with Crippen molar-refractivity contribution in [3.63, 3.8) is 0 Å². The van der Waals surface area contributed by atoms with E-state index < -0.39 is 36.8 Å². The summed E-state index contributed by atoms with van der Waals surface area (Å²) in [5, 5.41) is 16.3. The molecule has 13 heteroatoms. The zero-order chi connectivity index (χ0) is 22.2. The fourth-order valence-electron chi connectivity index (χ4n) is 3.78. The van der Waals surface area contributed by atoms with Crippen molar-refractivity contribution in [1.82, 2.24) is 30.4 Å². The van der Waals surface area contributed by atoms with Crippen LogP contribution < -0.4 is 16.0 Å². The molecule has 0 radical (unpaired) electrons. The molecule has 3 aliphatic heterocycles. The molecule has 4 rings (SSSR count). The molecule has 4 heterocycles. The minimum atomic E-state index is -4.79. The molecule has 2 bridgehead atoms. The molecule has 0 aliphatic carbocycles. The van der Waals surface area contributed by atoms with E-state index in [4.69, 9.17) is 5.11 Å². The summed E-state index contributed by atoms with van der Waals surface area (Å²) < 4.78 is 38.7. The van der Waals surface area contributed by atoms with Gasteiger partial charge >= 0.3 is 12.2 Å². The van der Waals surface area contributed by atoms with Gasteiger partial charge < -0.3 is 20.6 Å². The van der Waals surface area contributed by atoms with Crippen molar-refractivity contribution < 1.29 is 27.9 Å². The van der Waals surface area contributed by atoms with Crippen molar-refractivity contribution in [2.24, 2.45) is 0 Å². The summed E-state index contributed by atoms with van der Waals surface area (Å²) in [7, 11) is 0. The monoisotopic (exact) mass is 439 g/mol. The first-order chi connectivity index (χ1) is 14.8. The minimum absolute atomic E-state index is 0.182. The molecular weight excluding hydrogens is 419 g/mol. The van der Waals surface area contributed by atoms with E-state index in [0.717, 1.165) is 0 Å². The molecule has 3 aliphatic rings. The van der Waals surface area contributed by atoms with Crippen LogP contribution in [0.5, 0.6) is 0 Å². The van der Waals surface area contributed by atoms with Gasteiger partial charge in [-0.1, -0.05) is 6.08 Å². The number of rotatable bonds is 4. The van der Waals surface area contributed by atoms with Crippen LogP contribution in [0.2, 0.25) is 0 Å². The van der Waals surface area contributed by atoms with Gasteiger partial charge in [0.15, 0.2) is 5.82 Å². The number of urea groups is 1.